The Balaban J connectivity index is 2.14. The van der Waals surface area contributed by atoms with Gasteiger partial charge in [-0.2, -0.15) is 5.10 Å². The van der Waals surface area contributed by atoms with Gasteiger partial charge in [-0.15, -0.1) is 0 Å². The molecule has 1 heterocycles. The van der Waals surface area contributed by atoms with Crippen molar-refractivity contribution in [1.82, 2.24) is 14.7 Å². The Morgan fingerprint density at radius 1 is 1.08 bits per heavy atom. The molecule has 0 saturated heterocycles. The second-order valence-corrected chi connectivity index (χ2v) is 6.15. The van der Waals surface area contributed by atoms with Crippen molar-refractivity contribution in [3.8, 4) is 16.9 Å². The van der Waals surface area contributed by atoms with Crippen molar-refractivity contribution in [2.75, 3.05) is 13.1 Å². The number of benzene rings is 2. The number of carbonyl (C=O) groups excluding carboxylic acids is 1. The highest BCUT2D eigenvalue weighted by atomic mass is 19.1. The molecule has 0 aliphatic carbocycles. The second-order valence-electron chi connectivity index (χ2n) is 6.15. The summed E-state index contributed by atoms with van der Waals surface area (Å²) >= 11 is 0. The van der Waals surface area contributed by atoms with Crippen molar-refractivity contribution >= 4 is 5.91 Å². The largest absolute Gasteiger partial charge is 0.338 e. The summed E-state index contributed by atoms with van der Waals surface area (Å²) in [5, 5.41) is 4.64. The topological polar surface area (TPSA) is 38.1 Å². The Hall–Kier alpha value is -2.95. The Kier molecular flexibility index (Phi) is 5.16. The average molecular weight is 351 g/mol. The molecule has 3 aromatic rings. The third kappa shape index (κ3) is 3.52. The molecule has 0 aliphatic heterocycles. The van der Waals surface area contributed by atoms with Crippen molar-refractivity contribution < 1.29 is 9.18 Å². The monoisotopic (exact) mass is 351 g/mol. The first kappa shape index (κ1) is 17.9. The summed E-state index contributed by atoms with van der Waals surface area (Å²) in [6.45, 7) is 7.16. The lowest BCUT2D eigenvalue weighted by molar-refractivity contribution is 0.0764. The molecule has 26 heavy (non-hydrogen) atoms. The van der Waals surface area contributed by atoms with Gasteiger partial charge in [0, 0.05) is 18.7 Å². The maximum absolute atomic E-state index is 13.2. The highest BCUT2D eigenvalue weighted by Gasteiger charge is 2.21. The van der Waals surface area contributed by atoms with Crippen LogP contribution in [0.25, 0.3) is 16.9 Å². The number of nitrogens with zero attached hydrogens (tertiary/aromatic N) is 3. The molecule has 1 amide bonds. The maximum Gasteiger partial charge on any atom is 0.272 e. The van der Waals surface area contributed by atoms with E-state index < -0.39 is 0 Å². The summed E-state index contributed by atoms with van der Waals surface area (Å²) in [6, 6.07) is 15.8. The van der Waals surface area contributed by atoms with Crippen LogP contribution in [0.3, 0.4) is 0 Å². The molecule has 0 atom stereocenters. The third-order valence-corrected chi connectivity index (χ3v) is 4.37. The number of amides is 1. The van der Waals surface area contributed by atoms with Crippen LogP contribution in [0.4, 0.5) is 4.39 Å². The predicted molar refractivity (Wildman–Crippen MR) is 101 cm³/mol. The summed E-state index contributed by atoms with van der Waals surface area (Å²) in [6.07, 6.45) is 0. The average Bonchev–Trinajstić information content (AvgIpc) is 3.08. The third-order valence-electron chi connectivity index (χ3n) is 4.37. The van der Waals surface area contributed by atoms with Gasteiger partial charge in [-0.25, -0.2) is 9.07 Å². The summed E-state index contributed by atoms with van der Waals surface area (Å²) in [7, 11) is 0. The van der Waals surface area contributed by atoms with Crippen LogP contribution in [0.1, 0.15) is 29.9 Å². The van der Waals surface area contributed by atoms with Crippen molar-refractivity contribution in [3.05, 3.63) is 71.7 Å². The summed E-state index contributed by atoms with van der Waals surface area (Å²) < 4.78 is 14.9. The van der Waals surface area contributed by atoms with Crippen molar-refractivity contribution in [2.24, 2.45) is 0 Å². The Labute approximate surface area is 152 Å². The Morgan fingerprint density at radius 3 is 2.38 bits per heavy atom. The molecule has 1 aromatic heterocycles. The molecule has 5 heteroatoms. The summed E-state index contributed by atoms with van der Waals surface area (Å²) in [5.74, 6) is -0.372. The quantitative estimate of drug-likeness (QED) is 0.680. The smallest absolute Gasteiger partial charge is 0.272 e. The van der Waals surface area contributed by atoms with Crippen LogP contribution in [-0.2, 0) is 0 Å². The van der Waals surface area contributed by atoms with Gasteiger partial charge in [0.15, 0.2) is 0 Å². The van der Waals surface area contributed by atoms with E-state index >= 15 is 0 Å². The molecule has 0 fully saturated rings. The summed E-state index contributed by atoms with van der Waals surface area (Å²) in [5.41, 5.74) is 3.82. The maximum atomic E-state index is 13.2. The molecule has 0 saturated carbocycles. The number of aromatic nitrogens is 2. The SMILES string of the molecule is CCN(CC)C(=O)c1cc(-c2ccc(F)cc2)nn1-c1cccc(C)c1. The highest BCUT2D eigenvalue weighted by Crippen LogP contribution is 2.23. The van der Waals surface area contributed by atoms with E-state index in [0.29, 0.717) is 24.5 Å². The van der Waals surface area contributed by atoms with E-state index in [9.17, 15) is 9.18 Å². The van der Waals surface area contributed by atoms with Crippen molar-refractivity contribution in [1.29, 1.82) is 0 Å². The second kappa shape index (κ2) is 7.52. The number of carbonyl (C=O) groups is 1. The predicted octanol–water partition coefficient (Wildman–Crippen LogP) is 4.47. The lowest BCUT2D eigenvalue weighted by Gasteiger charge is -2.19. The molecule has 0 unspecified atom stereocenters. The molecule has 4 nitrogen and oxygen atoms in total. The van der Waals surface area contributed by atoms with Crippen molar-refractivity contribution in [2.45, 2.75) is 20.8 Å². The Bertz CT molecular complexity index is 911. The van der Waals surface area contributed by atoms with Gasteiger partial charge in [-0.1, -0.05) is 12.1 Å². The van der Waals surface area contributed by atoms with Crippen LogP contribution in [0.5, 0.6) is 0 Å². The van der Waals surface area contributed by atoms with E-state index in [-0.39, 0.29) is 11.7 Å². The van der Waals surface area contributed by atoms with Crippen LogP contribution < -0.4 is 0 Å². The van der Waals surface area contributed by atoms with E-state index in [2.05, 4.69) is 5.10 Å². The minimum atomic E-state index is -0.300. The Morgan fingerprint density at radius 2 is 1.77 bits per heavy atom. The molecule has 134 valence electrons. The molecule has 0 bridgehead atoms. The van der Waals surface area contributed by atoms with Crippen LogP contribution in [0.2, 0.25) is 0 Å². The number of hydrogen-bond acceptors (Lipinski definition) is 2. The van der Waals surface area contributed by atoms with E-state index in [1.165, 1.54) is 12.1 Å². The first-order chi connectivity index (χ1) is 12.5. The van der Waals surface area contributed by atoms with Gasteiger partial charge < -0.3 is 4.90 Å². The number of hydrogen-bond donors (Lipinski definition) is 0. The number of aryl methyl sites for hydroxylation is 1. The zero-order chi connectivity index (χ0) is 18.7. The van der Waals surface area contributed by atoms with Crippen LogP contribution in [0, 0.1) is 12.7 Å². The van der Waals surface area contributed by atoms with E-state index in [1.54, 1.807) is 27.8 Å². The molecule has 3 rings (SSSR count). The molecule has 0 radical (unpaired) electrons. The summed E-state index contributed by atoms with van der Waals surface area (Å²) in [4.78, 5) is 14.8. The van der Waals surface area contributed by atoms with Gasteiger partial charge in [-0.3, -0.25) is 4.79 Å². The fourth-order valence-corrected chi connectivity index (χ4v) is 2.92. The molecular formula is C21H22FN3O. The van der Waals surface area contributed by atoms with Gasteiger partial charge in [0.2, 0.25) is 0 Å². The van der Waals surface area contributed by atoms with Gasteiger partial charge >= 0.3 is 0 Å². The van der Waals surface area contributed by atoms with E-state index in [1.807, 2.05) is 45.0 Å². The normalized spacial score (nSPS) is 10.8. The minimum Gasteiger partial charge on any atom is -0.338 e. The molecule has 0 spiro atoms. The zero-order valence-electron chi connectivity index (χ0n) is 15.2. The highest BCUT2D eigenvalue weighted by molar-refractivity contribution is 5.94. The van der Waals surface area contributed by atoms with E-state index in [0.717, 1.165) is 16.8 Å². The van der Waals surface area contributed by atoms with Crippen LogP contribution in [0.15, 0.2) is 54.6 Å². The van der Waals surface area contributed by atoms with Gasteiger partial charge in [0.05, 0.1) is 11.4 Å². The fraction of sp³-hybridized carbons (Fsp3) is 0.238. The fourth-order valence-electron chi connectivity index (χ4n) is 2.92. The van der Waals surface area contributed by atoms with Crippen LogP contribution >= 0.6 is 0 Å². The van der Waals surface area contributed by atoms with Crippen LogP contribution in [-0.4, -0.2) is 33.7 Å². The van der Waals surface area contributed by atoms with Gasteiger partial charge in [0.25, 0.3) is 5.91 Å². The van der Waals surface area contributed by atoms with E-state index in [4.69, 9.17) is 0 Å². The molecule has 2 aromatic carbocycles. The van der Waals surface area contributed by atoms with Gasteiger partial charge in [-0.05, 0) is 68.8 Å². The minimum absolute atomic E-state index is 0.0719. The zero-order valence-corrected chi connectivity index (χ0v) is 15.2. The first-order valence-electron chi connectivity index (χ1n) is 8.75. The molecular weight excluding hydrogens is 329 g/mol. The van der Waals surface area contributed by atoms with Crippen molar-refractivity contribution in [3.63, 3.8) is 0 Å². The molecule has 0 N–H and O–H groups in total. The lowest BCUT2D eigenvalue weighted by atomic mass is 10.1. The van der Waals surface area contributed by atoms with Gasteiger partial charge in [0.1, 0.15) is 11.5 Å². The standard InChI is InChI=1S/C21H22FN3O/c1-4-24(5-2)21(26)20-14-19(16-9-11-17(22)12-10-16)23-25(20)18-8-6-7-15(3)13-18/h6-14H,4-5H2,1-3H3. The number of halogens is 1. The number of rotatable bonds is 5. The first-order valence-corrected chi connectivity index (χ1v) is 8.75. The molecule has 0 aliphatic rings. The lowest BCUT2D eigenvalue weighted by Crippen LogP contribution is -2.32.